The Bertz CT molecular complexity index is 1420. The summed E-state index contributed by atoms with van der Waals surface area (Å²) >= 11 is 0. The fourth-order valence-electron chi connectivity index (χ4n) is 3.82. The first-order valence-corrected chi connectivity index (χ1v) is 11.1. The molecule has 0 aliphatic rings. The maximum absolute atomic E-state index is 12.9. The van der Waals surface area contributed by atoms with Crippen LogP contribution in [0.2, 0.25) is 0 Å². The van der Waals surface area contributed by atoms with E-state index in [9.17, 15) is 9.59 Å². The van der Waals surface area contributed by atoms with Crippen molar-refractivity contribution in [3.8, 4) is 17.2 Å². The predicted molar refractivity (Wildman–Crippen MR) is 129 cm³/mol. The molecule has 0 aliphatic heterocycles. The van der Waals surface area contributed by atoms with Crippen LogP contribution in [0.5, 0.6) is 5.75 Å². The minimum Gasteiger partial charge on any atom is -0.497 e. The fourth-order valence-corrected chi connectivity index (χ4v) is 3.82. The molecule has 1 N–H and O–H groups in total. The standard InChI is InChI=1S/C26H27N3O5/c1-14(2)24-28-25(34-29-24)20-8-6-7-15(3)23(20)27-22(30)12-11-19-16(4)18-10-9-17(32-5)13-21(18)33-26(19)31/h6-10,13-14H,11-12H2,1-5H3,(H,27,30). The molecule has 4 rings (SSSR count). The first-order valence-electron chi connectivity index (χ1n) is 11.1. The maximum Gasteiger partial charge on any atom is 0.339 e. The summed E-state index contributed by atoms with van der Waals surface area (Å²) in [7, 11) is 1.56. The summed E-state index contributed by atoms with van der Waals surface area (Å²) in [5.74, 6) is 1.46. The average Bonchev–Trinajstić information content (AvgIpc) is 3.30. The molecule has 0 saturated carbocycles. The van der Waals surface area contributed by atoms with Gasteiger partial charge >= 0.3 is 5.63 Å². The molecular formula is C26H27N3O5. The molecule has 8 nitrogen and oxygen atoms in total. The number of hydrogen-bond donors (Lipinski definition) is 1. The van der Waals surface area contributed by atoms with Crippen LogP contribution in [0.3, 0.4) is 0 Å². The number of hydrogen-bond acceptors (Lipinski definition) is 7. The monoisotopic (exact) mass is 461 g/mol. The first-order chi connectivity index (χ1) is 16.3. The molecule has 0 fully saturated rings. The highest BCUT2D eigenvalue weighted by Gasteiger charge is 2.19. The van der Waals surface area contributed by atoms with Crippen LogP contribution in [0, 0.1) is 13.8 Å². The van der Waals surface area contributed by atoms with Crippen LogP contribution in [0.15, 0.2) is 50.1 Å². The predicted octanol–water partition coefficient (Wildman–Crippen LogP) is 5.16. The minimum absolute atomic E-state index is 0.113. The lowest BCUT2D eigenvalue weighted by molar-refractivity contribution is -0.116. The van der Waals surface area contributed by atoms with Gasteiger partial charge in [0.1, 0.15) is 11.3 Å². The summed E-state index contributed by atoms with van der Waals surface area (Å²) in [6, 6.07) is 10.9. The van der Waals surface area contributed by atoms with Crippen molar-refractivity contribution in [2.75, 3.05) is 12.4 Å². The van der Waals surface area contributed by atoms with Crippen LogP contribution in [0.25, 0.3) is 22.4 Å². The quantitative estimate of drug-likeness (QED) is 0.379. The van der Waals surface area contributed by atoms with Gasteiger partial charge in [0.2, 0.25) is 5.91 Å². The highest BCUT2D eigenvalue weighted by molar-refractivity contribution is 5.96. The molecule has 4 aromatic rings. The summed E-state index contributed by atoms with van der Waals surface area (Å²) in [5.41, 5.74) is 3.42. The van der Waals surface area contributed by atoms with E-state index in [-0.39, 0.29) is 24.7 Å². The molecule has 34 heavy (non-hydrogen) atoms. The van der Waals surface area contributed by atoms with Crippen LogP contribution in [-0.4, -0.2) is 23.2 Å². The van der Waals surface area contributed by atoms with Gasteiger partial charge in [0.15, 0.2) is 5.82 Å². The maximum atomic E-state index is 12.9. The Hall–Kier alpha value is -3.94. The SMILES string of the molecule is COc1ccc2c(C)c(CCC(=O)Nc3c(C)cccc3-c3nc(C(C)C)no3)c(=O)oc2c1. The van der Waals surface area contributed by atoms with Crippen molar-refractivity contribution in [3.63, 3.8) is 0 Å². The lowest BCUT2D eigenvalue weighted by atomic mass is 10.0. The second kappa shape index (κ2) is 9.51. The van der Waals surface area contributed by atoms with Gasteiger partial charge < -0.3 is 19.0 Å². The smallest absolute Gasteiger partial charge is 0.339 e. The van der Waals surface area contributed by atoms with Crippen molar-refractivity contribution in [3.05, 3.63) is 69.3 Å². The molecule has 0 saturated heterocycles. The topological polar surface area (TPSA) is 107 Å². The Labute approximate surface area is 196 Å². The van der Waals surface area contributed by atoms with E-state index in [2.05, 4.69) is 15.5 Å². The van der Waals surface area contributed by atoms with Crippen molar-refractivity contribution in [1.82, 2.24) is 10.1 Å². The van der Waals surface area contributed by atoms with Gasteiger partial charge in [-0.3, -0.25) is 4.79 Å². The van der Waals surface area contributed by atoms with E-state index in [0.717, 1.165) is 16.5 Å². The second-order valence-electron chi connectivity index (χ2n) is 8.51. The molecule has 0 aliphatic carbocycles. The normalized spacial score (nSPS) is 11.2. The number of para-hydroxylation sites is 1. The van der Waals surface area contributed by atoms with E-state index in [0.29, 0.717) is 39.9 Å². The Balaban J connectivity index is 1.55. The van der Waals surface area contributed by atoms with Crippen LogP contribution < -0.4 is 15.7 Å². The number of aromatic nitrogens is 2. The van der Waals surface area contributed by atoms with E-state index in [1.54, 1.807) is 13.2 Å². The van der Waals surface area contributed by atoms with Crippen molar-refractivity contribution >= 4 is 22.6 Å². The minimum atomic E-state index is -0.449. The van der Waals surface area contributed by atoms with E-state index >= 15 is 0 Å². The summed E-state index contributed by atoms with van der Waals surface area (Å²) in [4.78, 5) is 29.9. The molecule has 0 unspecified atom stereocenters. The molecule has 0 radical (unpaired) electrons. The summed E-state index contributed by atoms with van der Waals surface area (Å²) in [6.45, 7) is 7.72. The Morgan fingerprint density at radius 3 is 2.68 bits per heavy atom. The second-order valence-corrected chi connectivity index (χ2v) is 8.51. The van der Waals surface area contributed by atoms with E-state index in [1.807, 2.05) is 58.0 Å². The van der Waals surface area contributed by atoms with Crippen LogP contribution in [0.4, 0.5) is 5.69 Å². The van der Waals surface area contributed by atoms with E-state index in [1.165, 1.54) is 0 Å². The van der Waals surface area contributed by atoms with E-state index in [4.69, 9.17) is 13.7 Å². The number of methoxy groups -OCH3 is 1. The number of carbonyl (C=O) groups excluding carboxylic acids is 1. The molecule has 0 spiro atoms. The molecule has 8 heteroatoms. The van der Waals surface area contributed by atoms with Gasteiger partial charge in [0.05, 0.1) is 18.4 Å². The number of anilines is 1. The molecular weight excluding hydrogens is 434 g/mol. The van der Waals surface area contributed by atoms with Crippen molar-refractivity contribution < 1.29 is 18.5 Å². The van der Waals surface area contributed by atoms with E-state index < -0.39 is 5.63 Å². The molecule has 2 heterocycles. The number of amides is 1. The summed E-state index contributed by atoms with van der Waals surface area (Å²) in [5, 5.41) is 7.80. The Morgan fingerprint density at radius 1 is 1.18 bits per heavy atom. The average molecular weight is 462 g/mol. The van der Waals surface area contributed by atoms with Crippen LogP contribution >= 0.6 is 0 Å². The number of carbonyl (C=O) groups is 1. The number of benzene rings is 2. The van der Waals surface area contributed by atoms with Crippen molar-refractivity contribution in [2.24, 2.45) is 0 Å². The lowest BCUT2D eigenvalue weighted by Crippen LogP contribution is -2.17. The highest BCUT2D eigenvalue weighted by atomic mass is 16.5. The van der Waals surface area contributed by atoms with Gasteiger partial charge in [0.25, 0.3) is 5.89 Å². The zero-order valence-electron chi connectivity index (χ0n) is 19.9. The molecule has 176 valence electrons. The first kappa shape index (κ1) is 23.2. The largest absolute Gasteiger partial charge is 0.497 e. The number of ether oxygens (including phenoxy) is 1. The molecule has 2 aromatic heterocycles. The third kappa shape index (κ3) is 4.57. The number of nitrogens with zero attached hydrogens (tertiary/aromatic N) is 2. The van der Waals surface area contributed by atoms with Gasteiger partial charge in [-0.25, -0.2) is 4.79 Å². The number of nitrogens with one attached hydrogen (secondary N) is 1. The number of rotatable bonds is 7. The van der Waals surface area contributed by atoms with Gasteiger partial charge in [0, 0.05) is 29.4 Å². The Morgan fingerprint density at radius 2 is 1.97 bits per heavy atom. The summed E-state index contributed by atoms with van der Waals surface area (Å²) in [6.07, 6.45) is 0.364. The van der Waals surface area contributed by atoms with Crippen molar-refractivity contribution in [2.45, 2.75) is 46.5 Å². The zero-order valence-corrected chi connectivity index (χ0v) is 19.9. The van der Waals surface area contributed by atoms with Gasteiger partial charge in [-0.1, -0.05) is 31.1 Å². The Kier molecular flexibility index (Phi) is 6.49. The molecule has 2 aromatic carbocycles. The highest BCUT2D eigenvalue weighted by Crippen LogP contribution is 2.31. The number of fused-ring (bicyclic) bond motifs is 1. The zero-order chi connectivity index (χ0) is 24.4. The van der Waals surface area contributed by atoms with Crippen LogP contribution in [0.1, 0.15) is 48.7 Å². The van der Waals surface area contributed by atoms with Gasteiger partial charge in [-0.05, 0) is 49.6 Å². The van der Waals surface area contributed by atoms with Crippen molar-refractivity contribution in [1.29, 1.82) is 0 Å². The van der Waals surface area contributed by atoms with Gasteiger partial charge in [-0.2, -0.15) is 4.98 Å². The van der Waals surface area contributed by atoms with Gasteiger partial charge in [-0.15, -0.1) is 0 Å². The summed E-state index contributed by atoms with van der Waals surface area (Å²) < 4.78 is 16.1. The third-order valence-corrected chi connectivity index (χ3v) is 5.82. The fraction of sp³-hybridized carbons (Fsp3) is 0.308. The molecule has 0 bridgehead atoms. The molecule has 1 amide bonds. The van der Waals surface area contributed by atoms with Crippen LogP contribution in [-0.2, 0) is 11.2 Å². The lowest BCUT2D eigenvalue weighted by Gasteiger charge is -2.12. The molecule has 0 atom stereocenters. The third-order valence-electron chi connectivity index (χ3n) is 5.82. The number of aryl methyl sites for hydroxylation is 2.